The summed E-state index contributed by atoms with van der Waals surface area (Å²) in [5.41, 5.74) is 5.34. The van der Waals surface area contributed by atoms with Crippen LogP contribution in [-0.4, -0.2) is 4.57 Å². The van der Waals surface area contributed by atoms with E-state index in [1.54, 1.807) is 0 Å². The van der Waals surface area contributed by atoms with E-state index in [9.17, 15) is 0 Å². The van der Waals surface area contributed by atoms with E-state index in [0.717, 1.165) is 6.54 Å². The number of halogens is 2. The molecule has 0 fully saturated rings. The molecular formula is C24H31Br2N. The van der Waals surface area contributed by atoms with Gasteiger partial charge in [0.15, 0.2) is 0 Å². The van der Waals surface area contributed by atoms with Crippen LogP contribution < -0.4 is 0 Å². The molecule has 0 saturated carbocycles. The molecule has 2 aromatic carbocycles. The Bertz CT molecular complexity index is 858. The van der Waals surface area contributed by atoms with Gasteiger partial charge in [-0.1, -0.05) is 83.7 Å². The van der Waals surface area contributed by atoms with Gasteiger partial charge in [0.05, 0.1) is 0 Å². The van der Waals surface area contributed by atoms with E-state index < -0.39 is 0 Å². The van der Waals surface area contributed by atoms with E-state index in [0.29, 0.717) is 0 Å². The fourth-order valence-electron chi connectivity index (χ4n) is 3.99. The highest BCUT2D eigenvalue weighted by Gasteiger charge is 2.13. The Labute approximate surface area is 180 Å². The molecule has 0 aliphatic carbocycles. The first-order chi connectivity index (χ1) is 13.0. The molecule has 3 aromatic rings. The van der Waals surface area contributed by atoms with Crippen molar-refractivity contribution < 1.29 is 0 Å². The van der Waals surface area contributed by atoms with Crippen LogP contribution in [0, 0.1) is 13.8 Å². The van der Waals surface area contributed by atoms with Gasteiger partial charge >= 0.3 is 0 Å². The quantitative estimate of drug-likeness (QED) is 0.262. The van der Waals surface area contributed by atoms with Crippen molar-refractivity contribution in [2.75, 3.05) is 0 Å². The van der Waals surface area contributed by atoms with Crippen LogP contribution in [0.1, 0.15) is 69.4 Å². The topological polar surface area (TPSA) is 4.93 Å². The van der Waals surface area contributed by atoms with Crippen molar-refractivity contribution in [3.8, 4) is 0 Å². The molecule has 0 radical (unpaired) electrons. The van der Waals surface area contributed by atoms with Crippen LogP contribution in [-0.2, 0) is 6.54 Å². The summed E-state index contributed by atoms with van der Waals surface area (Å²) in [5.74, 6) is 0. The zero-order valence-electron chi connectivity index (χ0n) is 16.9. The van der Waals surface area contributed by atoms with Crippen LogP contribution in [0.2, 0.25) is 0 Å². The second-order valence-electron chi connectivity index (χ2n) is 7.86. The molecular weight excluding hydrogens is 462 g/mol. The summed E-state index contributed by atoms with van der Waals surface area (Å²) in [6.07, 6.45) is 10.9. The first-order valence-electron chi connectivity index (χ1n) is 10.4. The zero-order valence-corrected chi connectivity index (χ0v) is 20.0. The highest BCUT2D eigenvalue weighted by molar-refractivity contribution is 9.10. The normalized spacial score (nSPS) is 11.7. The van der Waals surface area contributed by atoms with Gasteiger partial charge in [0.1, 0.15) is 0 Å². The number of nitrogens with zero attached hydrogens (tertiary/aromatic N) is 1. The predicted molar refractivity (Wildman–Crippen MR) is 127 cm³/mol. The van der Waals surface area contributed by atoms with Gasteiger partial charge in [0.25, 0.3) is 0 Å². The van der Waals surface area contributed by atoms with Crippen LogP contribution in [0.5, 0.6) is 0 Å². The van der Waals surface area contributed by atoms with E-state index in [1.165, 1.54) is 93.2 Å². The molecule has 1 nitrogen and oxygen atoms in total. The standard InChI is InChI=1S/C24H31Br2N/c1-4-5-6-7-8-9-10-11-12-27-23-13-17(2)21(25)15-19(23)20-16-22(26)18(3)14-24(20)27/h13-16H,4-12H2,1-3H3. The second kappa shape index (κ2) is 9.60. The average Bonchev–Trinajstić information content (AvgIpc) is 2.90. The number of rotatable bonds is 9. The molecule has 0 spiro atoms. The highest BCUT2D eigenvalue weighted by atomic mass is 79.9. The molecule has 0 bridgehead atoms. The Morgan fingerprint density at radius 2 is 1.11 bits per heavy atom. The van der Waals surface area contributed by atoms with E-state index in [-0.39, 0.29) is 0 Å². The van der Waals surface area contributed by atoms with Crippen molar-refractivity contribution in [2.24, 2.45) is 0 Å². The van der Waals surface area contributed by atoms with Crippen molar-refractivity contribution >= 4 is 53.7 Å². The number of unbranched alkanes of at least 4 members (excludes halogenated alkanes) is 7. The smallest absolute Gasteiger partial charge is 0.0494 e. The van der Waals surface area contributed by atoms with Gasteiger partial charge in [-0.25, -0.2) is 0 Å². The predicted octanol–water partition coefficient (Wildman–Crippen LogP) is 9.08. The lowest BCUT2D eigenvalue weighted by molar-refractivity contribution is 0.553. The Morgan fingerprint density at radius 3 is 1.59 bits per heavy atom. The molecule has 146 valence electrons. The van der Waals surface area contributed by atoms with Crippen molar-refractivity contribution in [3.63, 3.8) is 0 Å². The fraction of sp³-hybridized carbons (Fsp3) is 0.500. The summed E-state index contributed by atoms with van der Waals surface area (Å²) in [6.45, 7) is 7.76. The van der Waals surface area contributed by atoms with Crippen molar-refractivity contribution in [3.05, 3.63) is 44.3 Å². The summed E-state index contributed by atoms with van der Waals surface area (Å²) in [5, 5.41) is 2.70. The summed E-state index contributed by atoms with van der Waals surface area (Å²) in [6, 6.07) is 9.26. The molecule has 0 amide bonds. The maximum absolute atomic E-state index is 3.72. The van der Waals surface area contributed by atoms with Gasteiger partial charge in [-0.2, -0.15) is 0 Å². The molecule has 0 N–H and O–H groups in total. The largest absolute Gasteiger partial charge is 0.340 e. The molecule has 3 rings (SSSR count). The van der Waals surface area contributed by atoms with Crippen molar-refractivity contribution in [1.82, 2.24) is 4.57 Å². The van der Waals surface area contributed by atoms with E-state index in [1.807, 2.05) is 0 Å². The number of benzene rings is 2. The SMILES string of the molecule is CCCCCCCCCCn1c2cc(C)c(Br)cc2c2cc(Br)c(C)cc21. The van der Waals surface area contributed by atoms with E-state index in [2.05, 4.69) is 81.5 Å². The Balaban J connectivity index is 1.80. The third kappa shape index (κ3) is 4.79. The number of hydrogen-bond acceptors (Lipinski definition) is 0. The number of aromatic nitrogens is 1. The lowest BCUT2D eigenvalue weighted by Gasteiger charge is -2.09. The van der Waals surface area contributed by atoms with Gasteiger partial charge in [-0.15, -0.1) is 0 Å². The number of hydrogen-bond donors (Lipinski definition) is 0. The third-order valence-corrected chi connectivity index (χ3v) is 7.37. The van der Waals surface area contributed by atoms with Gasteiger partial charge in [0.2, 0.25) is 0 Å². The van der Waals surface area contributed by atoms with Gasteiger partial charge < -0.3 is 4.57 Å². The summed E-state index contributed by atoms with van der Waals surface area (Å²) in [7, 11) is 0. The zero-order chi connectivity index (χ0) is 19.4. The van der Waals surface area contributed by atoms with Crippen molar-refractivity contribution in [2.45, 2.75) is 78.7 Å². The molecule has 0 atom stereocenters. The van der Waals surface area contributed by atoms with Gasteiger partial charge in [0, 0.05) is 37.3 Å². The minimum atomic E-state index is 1.11. The Kier molecular flexibility index (Phi) is 7.44. The van der Waals surface area contributed by atoms with Crippen LogP contribution >= 0.6 is 31.9 Å². The van der Waals surface area contributed by atoms with E-state index in [4.69, 9.17) is 0 Å². The molecule has 0 aliphatic heterocycles. The maximum atomic E-state index is 3.72. The first kappa shape index (κ1) is 20.9. The Hall–Kier alpha value is -0.800. The second-order valence-corrected chi connectivity index (χ2v) is 9.57. The van der Waals surface area contributed by atoms with Gasteiger partial charge in [-0.05, 0) is 55.7 Å². The third-order valence-electron chi connectivity index (χ3n) is 5.66. The average molecular weight is 493 g/mol. The summed E-state index contributed by atoms with van der Waals surface area (Å²) >= 11 is 7.44. The molecule has 0 aliphatic rings. The molecule has 3 heteroatoms. The van der Waals surface area contributed by atoms with E-state index >= 15 is 0 Å². The van der Waals surface area contributed by atoms with Crippen LogP contribution in [0.4, 0.5) is 0 Å². The number of aryl methyl sites for hydroxylation is 3. The minimum Gasteiger partial charge on any atom is -0.340 e. The first-order valence-corrected chi connectivity index (χ1v) is 12.0. The molecule has 0 saturated heterocycles. The maximum Gasteiger partial charge on any atom is 0.0494 e. The summed E-state index contributed by atoms with van der Waals surface area (Å²) in [4.78, 5) is 0. The lowest BCUT2D eigenvalue weighted by Crippen LogP contribution is -1.98. The minimum absolute atomic E-state index is 1.11. The molecule has 0 unspecified atom stereocenters. The Morgan fingerprint density at radius 1 is 0.667 bits per heavy atom. The van der Waals surface area contributed by atoms with Crippen molar-refractivity contribution in [1.29, 1.82) is 0 Å². The fourth-order valence-corrected chi connectivity index (χ4v) is 4.67. The summed E-state index contributed by atoms with van der Waals surface area (Å²) < 4.78 is 4.93. The van der Waals surface area contributed by atoms with Gasteiger partial charge in [-0.3, -0.25) is 0 Å². The van der Waals surface area contributed by atoms with Crippen LogP contribution in [0.15, 0.2) is 33.2 Å². The lowest BCUT2D eigenvalue weighted by atomic mass is 10.1. The number of fused-ring (bicyclic) bond motifs is 3. The monoisotopic (exact) mass is 491 g/mol. The van der Waals surface area contributed by atoms with Crippen LogP contribution in [0.25, 0.3) is 21.8 Å². The highest BCUT2D eigenvalue weighted by Crippen LogP contribution is 2.36. The van der Waals surface area contributed by atoms with Crippen LogP contribution in [0.3, 0.4) is 0 Å². The molecule has 1 aromatic heterocycles. The molecule has 27 heavy (non-hydrogen) atoms. The molecule has 1 heterocycles.